The minimum atomic E-state index is 0.379. The molecule has 1 aromatic heterocycles. The van der Waals surface area contributed by atoms with E-state index in [9.17, 15) is 0 Å². The number of ether oxygens (including phenoxy) is 1. The number of halogens is 1. The molecule has 0 aliphatic carbocycles. The molecular formula is C12H13BrN2O2. The normalized spacial score (nSPS) is 10.5. The fraction of sp³-hybridized carbons (Fsp3) is 0.250. The molecule has 2 aromatic rings. The molecule has 17 heavy (non-hydrogen) atoms. The largest absolute Gasteiger partial charge is 0.484 e. The van der Waals surface area contributed by atoms with E-state index in [1.165, 1.54) is 5.56 Å². The third-order valence-corrected chi connectivity index (χ3v) is 2.86. The van der Waals surface area contributed by atoms with E-state index >= 15 is 0 Å². The molecule has 0 atom stereocenters. The molecule has 1 heterocycles. The lowest BCUT2D eigenvalue weighted by atomic mass is 10.2. The minimum absolute atomic E-state index is 0.379. The molecule has 2 rings (SSSR count). The molecule has 5 heteroatoms. The van der Waals surface area contributed by atoms with Crippen molar-refractivity contribution in [1.29, 1.82) is 0 Å². The van der Waals surface area contributed by atoms with Gasteiger partial charge in [0.2, 0.25) is 0 Å². The molecule has 0 radical (unpaired) electrons. The first-order valence-electron chi connectivity index (χ1n) is 5.25. The van der Waals surface area contributed by atoms with Crippen LogP contribution in [0.4, 0.5) is 0 Å². The molecule has 0 saturated heterocycles. The summed E-state index contributed by atoms with van der Waals surface area (Å²) >= 11 is 3.48. The van der Waals surface area contributed by atoms with Gasteiger partial charge in [-0.25, -0.2) is 0 Å². The number of aromatic nitrogens is 1. The van der Waals surface area contributed by atoms with E-state index in [0.29, 0.717) is 12.4 Å². The van der Waals surface area contributed by atoms with Crippen LogP contribution in [-0.4, -0.2) is 12.2 Å². The lowest BCUT2D eigenvalue weighted by Gasteiger charge is -2.08. The third kappa shape index (κ3) is 3.31. The second-order valence-electron chi connectivity index (χ2n) is 3.56. The van der Waals surface area contributed by atoms with Crippen LogP contribution >= 0.6 is 15.9 Å². The van der Waals surface area contributed by atoms with Gasteiger partial charge in [-0.05, 0) is 40.7 Å². The number of nitrogens with zero attached hydrogens (tertiary/aromatic N) is 1. The maximum absolute atomic E-state index is 5.61. The molecule has 0 fully saturated rings. The van der Waals surface area contributed by atoms with Gasteiger partial charge >= 0.3 is 0 Å². The Morgan fingerprint density at radius 1 is 1.41 bits per heavy atom. The number of rotatable bonds is 5. The molecule has 0 aliphatic heterocycles. The van der Waals surface area contributed by atoms with Crippen molar-refractivity contribution in [3.63, 3.8) is 0 Å². The van der Waals surface area contributed by atoms with E-state index in [1.54, 1.807) is 12.3 Å². The van der Waals surface area contributed by atoms with Crippen LogP contribution in [0.2, 0.25) is 0 Å². The van der Waals surface area contributed by atoms with Gasteiger partial charge in [-0.1, -0.05) is 11.2 Å². The van der Waals surface area contributed by atoms with E-state index in [0.717, 1.165) is 16.8 Å². The summed E-state index contributed by atoms with van der Waals surface area (Å²) in [5, 5.41) is 6.72. The topological polar surface area (TPSA) is 47.3 Å². The van der Waals surface area contributed by atoms with Crippen LogP contribution in [-0.2, 0) is 13.2 Å². The summed E-state index contributed by atoms with van der Waals surface area (Å²) in [6.45, 7) is 1.21. The molecule has 4 nitrogen and oxygen atoms in total. The number of hydrogen-bond donors (Lipinski definition) is 1. The number of hydrogen-bond acceptors (Lipinski definition) is 4. The predicted octanol–water partition coefficient (Wildman–Crippen LogP) is 2.74. The van der Waals surface area contributed by atoms with Crippen molar-refractivity contribution in [2.24, 2.45) is 0 Å². The highest BCUT2D eigenvalue weighted by atomic mass is 79.9. The summed E-state index contributed by atoms with van der Waals surface area (Å²) < 4.78 is 11.5. The Morgan fingerprint density at radius 3 is 2.94 bits per heavy atom. The van der Waals surface area contributed by atoms with Crippen LogP contribution in [0.15, 0.2) is 39.5 Å². The zero-order valence-electron chi connectivity index (χ0n) is 9.44. The Kier molecular flexibility index (Phi) is 4.17. The minimum Gasteiger partial charge on any atom is -0.484 e. The van der Waals surface area contributed by atoms with Gasteiger partial charge in [-0.2, -0.15) is 0 Å². The van der Waals surface area contributed by atoms with Crippen molar-refractivity contribution in [3.8, 4) is 5.75 Å². The SMILES string of the molecule is CNCc1ccc(OCc2ccno2)c(Br)c1. The Hall–Kier alpha value is -1.33. The summed E-state index contributed by atoms with van der Waals surface area (Å²) in [6.07, 6.45) is 1.60. The number of benzene rings is 1. The van der Waals surface area contributed by atoms with Crippen molar-refractivity contribution in [1.82, 2.24) is 10.5 Å². The summed E-state index contributed by atoms with van der Waals surface area (Å²) in [5.41, 5.74) is 1.20. The Bertz CT molecular complexity index is 471. The van der Waals surface area contributed by atoms with Gasteiger partial charge in [-0.3, -0.25) is 0 Å². The summed E-state index contributed by atoms with van der Waals surface area (Å²) in [5.74, 6) is 1.50. The van der Waals surface area contributed by atoms with Crippen molar-refractivity contribution in [3.05, 3.63) is 46.3 Å². The van der Waals surface area contributed by atoms with E-state index in [2.05, 4.69) is 26.4 Å². The van der Waals surface area contributed by atoms with E-state index < -0.39 is 0 Å². The smallest absolute Gasteiger partial charge is 0.174 e. The lowest BCUT2D eigenvalue weighted by molar-refractivity contribution is 0.248. The first kappa shape index (κ1) is 12.1. The quantitative estimate of drug-likeness (QED) is 0.922. The zero-order chi connectivity index (χ0) is 12.1. The molecular weight excluding hydrogens is 284 g/mol. The molecule has 0 unspecified atom stereocenters. The molecule has 1 aromatic carbocycles. The van der Waals surface area contributed by atoms with Crippen molar-refractivity contribution in [2.75, 3.05) is 7.05 Å². The van der Waals surface area contributed by atoms with Crippen molar-refractivity contribution in [2.45, 2.75) is 13.2 Å². The first-order valence-corrected chi connectivity index (χ1v) is 6.04. The zero-order valence-corrected chi connectivity index (χ0v) is 11.0. The summed E-state index contributed by atoms with van der Waals surface area (Å²) in [4.78, 5) is 0. The predicted molar refractivity (Wildman–Crippen MR) is 67.7 cm³/mol. The second-order valence-corrected chi connectivity index (χ2v) is 4.42. The molecule has 1 N–H and O–H groups in total. The van der Waals surface area contributed by atoms with Crippen molar-refractivity contribution >= 4 is 15.9 Å². The van der Waals surface area contributed by atoms with Gasteiger partial charge in [0.15, 0.2) is 5.76 Å². The van der Waals surface area contributed by atoms with Crippen LogP contribution in [0.3, 0.4) is 0 Å². The Morgan fingerprint density at radius 2 is 2.29 bits per heavy atom. The maximum Gasteiger partial charge on any atom is 0.174 e. The molecule has 0 amide bonds. The van der Waals surface area contributed by atoms with Gasteiger partial charge in [0.1, 0.15) is 12.4 Å². The number of nitrogens with one attached hydrogen (secondary N) is 1. The van der Waals surface area contributed by atoms with E-state index in [1.807, 2.05) is 25.2 Å². The van der Waals surface area contributed by atoms with Gasteiger partial charge in [0.05, 0.1) is 10.7 Å². The van der Waals surface area contributed by atoms with Gasteiger partial charge < -0.3 is 14.6 Å². The fourth-order valence-electron chi connectivity index (χ4n) is 1.44. The standard InChI is InChI=1S/C12H13BrN2O2/c1-14-7-9-2-3-12(11(13)6-9)16-8-10-4-5-15-17-10/h2-6,14H,7-8H2,1H3. The Labute approximate surface area is 108 Å². The molecule has 0 spiro atoms. The van der Waals surface area contributed by atoms with Crippen LogP contribution in [0.5, 0.6) is 5.75 Å². The molecule has 0 aliphatic rings. The van der Waals surface area contributed by atoms with Gasteiger partial charge in [0.25, 0.3) is 0 Å². The molecule has 0 saturated carbocycles. The second kappa shape index (κ2) is 5.84. The molecule has 90 valence electrons. The van der Waals surface area contributed by atoms with Crippen molar-refractivity contribution < 1.29 is 9.26 Å². The Balaban J connectivity index is 2.01. The van der Waals surface area contributed by atoms with Crippen LogP contribution in [0, 0.1) is 0 Å². The van der Waals surface area contributed by atoms with Crippen LogP contribution < -0.4 is 10.1 Å². The highest BCUT2D eigenvalue weighted by Crippen LogP contribution is 2.26. The maximum atomic E-state index is 5.61. The fourth-order valence-corrected chi connectivity index (χ4v) is 1.98. The molecule has 0 bridgehead atoms. The van der Waals surface area contributed by atoms with Gasteiger partial charge in [-0.15, -0.1) is 0 Å². The highest BCUT2D eigenvalue weighted by Gasteiger charge is 2.04. The first-order chi connectivity index (χ1) is 8.29. The van der Waals surface area contributed by atoms with Crippen LogP contribution in [0.25, 0.3) is 0 Å². The van der Waals surface area contributed by atoms with Crippen LogP contribution in [0.1, 0.15) is 11.3 Å². The lowest BCUT2D eigenvalue weighted by Crippen LogP contribution is -2.05. The highest BCUT2D eigenvalue weighted by molar-refractivity contribution is 9.10. The van der Waals surface area contributed by atoms with E-state index in [4.69, 9.17) is 9.26 Å². The summed E-state index contributed by atoms with van der Waals surface area (Å²) in [7, 11) is 1.92. The third-order valence-electron chi connectivity index (χ3n) is 2.24. The average molecular weight is 297 g/mol. The summed E-state index contributed by atoms with van der Waals surface area (Å²) in [6, 6.07) is 7.78. The van der Waals surface area contributed by atoms with Gasteiger partial charge in [0, 0.05) is 12.6 Å². The monoisotopic (exact) mass is 296 g/mol. The van der Waals surface area contributed by atoms with E-state index in [-0.39, 0.29) is 0 Å². The average Bonchev–Trinajstić information content (AvgIpc) is 2.81.